The first kappa shape index (κ1) is 13.4. The summed E-state index contributed by atoms with van der Waals surface area (Å²) in [5.74, 6) is 0.0875. The highest BCUT2D eigenvalue weighted by molar-refractivity contribution is 7.73. The molecule has 1 heterocycles. The van der Waals surface area contributed by atoms with Gasteiger partial charge in [0.05, 0.1) is 6.42 Å². The molecule has 0 aliphatic rings. The predicted octanol–water partition coefficient (Wildman–Crippen LogP) is 2.96. The number of hydrogen-bond donors (Lipinski definition) is 2. The fourth-order valence-corrected chi connectivity index (χ4v) is 2.71. The Kier molecular flexibility index (Phi) is 5.69. The van der Waals surface area contributed by atoms with Gasteiger partial charge in [0.2, 0.25) is 5.91 Å². The van der Waals surface area contributed by atoms with E-state index in [9.17, 15) is 4.79 Å². The third-order valence-corrected chi connectivity index (χ3v) is 3.68. The number of unbranched alkanes of at least 4 members (excludes halogenated alkanes) is 2. The third-order valence-electron chi connectivity index (χ3n) is 2.35. The predicted molar refractivity (Wildman–Crippen MR) is 70.5 cm³/mol. The molecule has 1 amide bonds. The summed E-state index contributed by atoms with van der Waals surface area (Å²) in [6.45, 7) is 4.88. The number of amides is 1. The van der Waals surface area contributed by atoms with Crippen LogP contribution in [-0.4, -0.2) is 17.4 Å². The van der Waals surface area contributed by atoms with Crippen LogP contribution in [0.3, 0.4) is 0 Å². The molecule has 3 nitrogen and oxygen atoms in total. The van der Waals surface area contributed by atoms with Crippen LogP contribution < -0.4 is 5.32 Å². The number of carbonyl (C=O) groups is 1. The minimum atomic E-state index is 0.0875. The monoisotopic (exact) mass is 258 g/mol. The molecule has 0 atom stereocenters. The van der Waals surface area contributed by atoms with Gasteiger partial charge < -0.3 is 10.3 Å². The second-order valence-corrected chi connectivity index (χ2v) is 5.57. The van der Waals surface area contributed by atoms with E-state index in [-0.39, 0.29) is 5.91 Å². The van der Waals surface area contributed by atoms with E-state index < -0.39 is 0 Å². The van der Waals surface area contributed by atoms with Crippen LogP contribution in [0.2, 0.25) is 0 Å². The Hall–Kier alpha value is -0.680. The second kappa shape index (κ2) is 6.81. The molecule has 0 spiro atoms. The first-order valence-corrected chi connectivity index (χ1v) is 6.81. The highest BCUT2D eigenvalue weighted by Crippen LogP contribution is 2.14. The lowest BCUT2D eigenvalue weighted by Gasteiger charge is -2.03. The third kappa shape index (κ3) is 4.45. The van der Waals surface area contributed by atoms with Crippen LogP contribution in [-0.2, 0) is 11.2 Å². The number of carbonyl (C=O) groups excluding carboxylic acids is 1. The van der Waals surface area contributed by atoms with Crippen molar-refractivity contribution in [3.63, 3.8) is 0 Å². The molecule has 1 aromatic heterocycles. The summed E-state index contributed by atoms with van der Waals surface area (Å²) in [7, 11) is 0. The van der Waals surface area contributed by atoms with Gasteiger partial charge in [0.25, 0.3) is 0 Å². The average Bonchev–Trinajstić information content (AvgIpc) is 2.52. The van der Waals surface area contributed by atoms with Gasteiger partial charge in [0, 0.05) is 17.1 Å². The van der Waals surface area contributed by atoms with Gasteiger partial charge in [-0.3, -0.25) is 4.79 Å². The maximum Gasteiger partial charge on any atom is 0.225 e. The van der Waals surface area contributed by atoms with Crippen LogP contribution in [0.4, 0.5) is 0 Å². The lowest BCUT2D eigenvalue weighted by atomic mass is 10.2. The average molecular weight is 258 g/mol. The molecule has 1 rings (SSSR count). The molecule has 0 aliphatic carbocycles. The number of rotatable bonds is 6. The van der Waals surface area contributed by atoms with Crippen LogP contribution >= 0.6 is 23.6 Å². The van der Waals surface area contributed by atoms with E-state index in [4.69, 9.17) is 12.2 Å². The lowest BCUT2D eigenvalue weighted by Crippen LogP contribution is -2.25. The fraction of sp³-hybridized carbons (Fsp3) is 0.636. The number of aromatic nitrogens is 1. The standard InChI is InChI=1S/C11H18N2OS2/c1-3-4-5-6-12-10(14)7-9-8(2)13-11(15)16-9/h3-7H2,1-2H3,(H,12,14)(H,13,15). The van der Waals surface area contributed by atoms with Gasteiger partial charge in [0.15, 0.2) is 3.95 Å². The molecule has 0 saturated heterocycles. The fourth-order valence-electron chi connectivity index (χ4n) is 1.42. The maximum absolute atomic E-state index is 11.6. The smallest absolute Gasteiger partial charge is 0.225 e. The van der Waals surface area contributed by atoms with Crippen molar-refractivity contribution in [3.05, 3.63) is 14.5 Å². The number of aromatic amines is 1. The zero-order chi connectivity index (χ0) is 12.0. The van der Waals surface area contributed by atoms with Crippen LogP contribution in [0.25, 0.3) is 0 Å². The normalized spacial score (nSPS) is 10.4. The number of nitrogens with one attached hydrogen (secondary N) is 2. The van der Waals surface area contributed by atoms with Crippen molar-refractivity contribution in [2.75, 3.05) is 6.54 Å². The largest absolute Gasteiger partial charge is 0.356 e. The highest BCUT2D eigenvalue weighted by Gasteiger charge is 2.07. The molecule has 16 heavy (non-hydrogen) atoms. The van der Waals surface area contributed by atoms with Gasteiger partial charge in [-0.25, -0.2) is 0 Å². The van der Waals surface area contributed by atoms with Gasteiger partial charge in [-0.15, -0.1) is 11.3 Å². The van der Waals surface area contributed by atoms with Crippen LogP contribution in [0, 0.1) is 10.9 Å². The summed E-state index contributed by atoms with van der Waals surface area (Å²) in [6.07, 6.45) is 3.84. The summed E-state index contributed by atoms with van der Waals surface area (Å²) >= 11 is 6.51. The molecule has 0 radical (unpaired) electrons. The Morgan fingerprint density at radius 1 is 1.50 bits per heavy atom. The van der Waals surface area contributed by atoms with Crippen molar-refractivity contribution in [3.8, 4) is 0 Å². The molecule has 0 aliphatic heterocycles. The van der Waals surface area contributed by atoms with E-state index in [1.54, 1.807) is 0 Å². The molecular weight excluding hydrogens is 240 g/mol. The Balaban J connectivity index is 2.34. The van der Waals surface area contributed by atoms with Gasteiger partial charge in [-0.05, 0) is 25.6 Å². The molecule has 90 valence electrons. The van der Waals surface area contributed by atoms with Crippen molar-refractivity contribution in [1.29, 1.82) is 0 Å². The Labute approximate surface area is 105 Å². The van der Waals surface area contributed by atoms with Crippen molar-refractivity contribution in [2.24, 2.45) is 0 Å². The van der Waals surface area contributed by atoms with Gasteiger partial charge in [0.1, 0.15) is 0 Å². The highest BCUT2D eigenvalue weighted by atomic mass is 32.1. The molecule has 1 aromatic rings. The molecule has 0 aromatic carbocycles. The Bertz CT molecular complexity index is 395. The number of hydrogen-bond acceptors (Lipinski definition) is 3. The van der Waals surface area contributed by atoms with E-state index in [0.29, 0.717) is 6.42 Å². The maximum atomic E-state index is 11.6. The van der Waals surface area contributed by atoms with Gasteiger partial charge in [-0.1, -0.05) is 19.8 Å². The van der Waals surface area contributed by atoms with E-state index in [1.807, 2.05) is 6.92 Å². The van der Waals surface area contributed by atoms with E-state index in [2.05, 4.69) is 17.2 Å². The molecule has 0 fully saturated rings. The van der Waals surface area contributed by atoms with Crippen molar-refractivity contribution in [2.45, 2.75) is 39.5 Å². The van der Waals surface area contributed by atoms with E-state index in [1.165, 1.54) is 24.2 Å². The minimum absolute atomic E-state index is 0.0875. The number of H-pyrrole nitrogens is 1. The van der Waals surface area contributed by atoms with Crippen molar-refractivity contribution in [1.82, 2.24) is 10.3 Å². The Morgan fingerprint density at radius 3 is 2.81 bits per heavy atom. The zero-order valence-electron chi connectivity index (χ0n) is 9.76. The summed E-state index contributed by atoms with van der Waals surface area (Å²) in [5, 5.41) is 2.92. The first-order chi connectivity index (χ1) is 7.63. The second-order valence-electron chi connectivity index (χ2n) is 3.80. The summed E-state index contributed by atoms with van der Waals surface area (Å²) in [5.41, 5.74) is 1.01. The molecule has 0 bridgehead atoms. The minimum Gasteiger partial charge on any atom is -0.356 e. The summed E-state index contributed by atoms with van der Waals surface area (Å²) < 4.78 is 0.742. The lowest BCUT2D eigenvalue weighted by molar-refractivity contribution is -0.120. The number of thiazole rings is 1. The first-order valence-electron chi connectivity index (χ1n) is 5.58. The quantitative estimate of drug-likeness (QED) is 0.608. The van der Waals surface area contributed by atoms with Crippen molar-refractivity contribution >= 4 is 29.5 Å². The van der Waals surface area contributed by atoms with Crippen LogP contribution in [0.15, 0.2) is 0 Å². The SMILES string of the molecule is CCCCCNC(=O)Cc1sc(=S)[nH]c1C. The summed E-state index contributed by atoms with van der Waals surface area (Å²) in [4.78, 5) is 15.7. The summed E-state index contributed by atoms with van der Waals surface area (Å²) in [6, 6.07) is 0. The van der Waals surface area contributed by atoms with Gasteiger partial charge >= 0.3 is 0 Å². The molecule has 0 saturated carbocycles. The molecule has 2 N–H and O–H groups in total. The van der Waals surface area contributed by atoms with Gasteiger partial charge in [-0.2, -0.15) is 0 Å². The Morgan fingerprint density at radius 2 is 2.25 bits per heavy atom. The number of aryl methyl sites for hydroxylation is 1. The van der Waals surface area contributed by atoms with Crippen LogP contribution in [0.1, 0.15) is 36.8 Å². The van der Waals surface area contributed by atoms with E-state index >= 15 is 0 Å². The van der Waals surface area contributed by atoms with Crippen LogP contribution in [0.5, 0.6) is 0 Å². The van der Waals surface area contributed by atoms with E-state index in [0.717, 1.165) is 27.5 Å². The van der Waals surface area contributed by atoms with Crippen molar-refractivity contribution < 1.29 is 4.79 Å². The molecule has 0 unspecified atom stereocenters. The zero-order valence-corrected chi connectivity index (χ0v) is 11.4. The topological polar surface area (TPSA) is 44.9 Å². The molecular formula is C11H18N2OS2. The molecule has 5 heteroatoms.